The SMILES string of the molecule is Cn1nc(C(F)(F)F)c(C=CC(=O)O)c1-n1ccc2cccnc21. The summed E-state index contributed by atoms with van der Waals surface area (Å²) in [6, 6.07) is 5.18. The molecule has 1 N–H and O–H groups in total. The van der Waals surface area contributed by atoms with Crippen LogP contribution in [-0.2, 0) is 18.0 Å². The normalized spacial score (nSPS) is 12.3. The van der Waals surface area contributed by atoms with Gasteiger partial charge in [-0.1, -0.05) is 0 Å². The number of nitrogens with zero attached hydrogens (tertiary/aromatic N) is 4. The Morgan fingerprint density at radius 2 is 2.08 bits per heavy atom. The smallest absolute Gasteiger partial charge is 0.435 e. The summed E-state index contributed by atoms with van der Waals surface area (Å²) in [5.74, 6) is -1.28. The molecule has 0 aliphatic rings. The number of aromatic nitrogens is 4. The molecule has 124 valence electrons. The van der Waals surface area contributed by atoms with Gasteiger partial charge in [-0.2, -0.15) is 18.3 Å². The van der Waals surface area contributed by atoms with E-state index in [4.69, 9.17) is 5.11 Å². The number of alkyl halides is 3. The number of fused-ring (bicyclic) bond motifs is 1. The van der Waals surface area contributed by atoms with Crippen LogP contribution in [0.15, 0.2) is 36.7 Å². The Morgan fingerprint density at radius 1 is 1.33 bits per heavy atom. The van der Waals surface area contributed by atoms with Crippen molar-refractivity contribution in [3.8, 4) is 5.82 Å². The first-order valence-corrected chi connectivity index (χ1v) is 6.76. The predicted octanol–water partition coefficient (Wildman–Crippen LogP) is 2.88. The summed E-state index contributed by atoms with van der Waals surface area (Å²) in [5, 5.41) is 13.0. The number of halogens is 3. The maximum atomic E-state index is 13.2. The van der Waals surface area contributed by atoms with Crippen molar-refractivity contribution in [1.82, 2.24) is 19.3 Å². The zero-order valence-electron chi connectivity index (χ0n) is 12.3. The van der Waals surface area contributed by atoms with Gasteiger partial charge in [-0.25, -0.2) is 9.78 Å². The van der Waals surface area contributed by atoms with E-state index in [1.807, 2.05) is 0 Å². The summed E-state index contributed by atoms with van der Waals surface area (Å²) in [6.07, 6.45) is -0.0960. The fourth-order valence-electron chi connectivity index (χ4n) is 2.47. The lowest BCUT2D eigenvalue weighted by Gasteiger charge is -2.07. The molecule has 24 heavy (non-hydrogen) atoms. The first-order chi connectivity index (χ1) is 11.3. The van der Waals surface area contributed by atoms with Crippen LogP contribution in [0.3, 0.4) is 0 Å². The van der Waals surface area contributed by atoms with Crippen LogP contribution >= 0.6 is 0 Å². The van der Waals surface area contributed by atoms with Crippen LogP contribution in [0.5, 0.6) is 0 Å². The molecule has 3 aromatic rings. The Bertz CT molecular complexity index is 953. The number of hydrogen-bond acceptors (Lipinski definition) is 3. The van der Waals surface area contributed by atoms with Gasteiger partial charge in [0.1, 0.15) is 11.5 Å². The van der Waals surface area contributed by atoms with Gasteiger partial charge in [0.25, 0.3) is 0 Å². The van der Waals surface area contributed by atoms with E-state index >= 15 is 0 Å². The molecule has 3 aromatic heterocycles. The van der Waals surface area contributed by atoms with E-state index in [1.54, 1.807) is 24.4 Å². The minimum Gasteiger partial charge on any atom is -0.478 e. The number of hydrogen-bond donors (Lipinski definition) is 1. The number of carboxylic acid groups (broad SMARTS) is 1. The van der Waals surface area contributed by atoms with Gasteiger partial charge in [0.2, 0.25) is 0 Å². The highest BCUT2D eigenvalue weighted by atomic mass is 19.4. The van der Waals surface area contributed by atoms with Gasteiger partial charge in [-0.05, 0) is 24.3 Å². The second kappa shape index (κ2) is 5.52. The lowest BCUT2D eigenvalue weighted by Crippen LogP contribution is -2.08. The number of pyridine rings is 1. The molecule has 0 atom stereocenters. The van der Waals surface area contributed by atoms with Crippen molar-refractivity contribution in [3.05, 3.63) is 47.9 Å². The van der Waals surface area contributed by atoms with E-state index < -0.39 is 17.8 Å². The molecule has 0 aliphatic carbocycles. The Morgan fingerprint density at radius 3 is 2.75 bits per heavy atom. The minimum absolute atomic E-state index is 0.0773. The van der Waals surface area contributed by atoms with Crippen molar-refractivity contribution in [1.29, 1.82) is 0 Å². The molecular formula is C15H11F3N4O2. The maximum absolute atomic E-state index is 13.2. The molecule has 0 unspecified atom stereocenters. The van der Waals surface area contributed by atoms with Crippen molar-refractivity contribution in [2.45, 2.75) is 6.18 Å². The molecular weight excluding hydrogens is 325 g/mol. The van der Waals surface area contributed by atoms with Crippen molar-refractivity contribution < 1.29 is 23.1 Å². The molecule has 0 bridgehead atoms. The fourth-order valence-corrected chi connectivity index (χ4v) is 2.47. The monoisotopic (exact) mass is 336 g/mol. The number of aliphatic carboxylic acids is 1. The van der Waals surface area contributed by atoms with E-state index in [9.17, 15) is 18.0 Å². The standard InChI is InChI=1S/C15H11F3N4O2/c1-21-14(22-8-6-9-3-2-7-19-13(9)22)10(4-5-11(23)24)12(20-21)15(16,17)18/h2-8H,1H3,(H,23,24). The third-order valence-corrected chi connectivity index (χ3v) is 3.39. The number of carbonyl (C=O) groups is 1. The molecule has 0 aromatic carbocycles. The van der Waals surface area contributed by atoms with Gasteiger partial charge in [0.05, 0.1) is 5.56 Å². The summed E-state index contributed by atoms with van der Waals surface area (Å²) >= 11 is 0. The molecule has 3 heterocycles. The third-order valence-electron chi connectivity index (χ3n) is 3.39. The molecule has 0 saturated heterocycles. The quantitative estimate of drug-likeness (QED) is 0.747. The van der Waals surface area contributed by atoms with Crippen LogP contribution in [-0.4, -0.2) is 30.4 Å². The molecule has 0 fully saturated rings. The van der Waals surface area contributed by atoms with E-state index in [0.717, 1.165) is 16.1 Å². The zero-order chi connectivity index (χ0) is 17.5. The molecule has 0 saturated carbocycles. The van der Waals surface area contributed by atoms with Crippen molar-refractivity contribution in [2.75, 3.05) is 0 Å². The highest BCUT2D eigenvalue weighted by Gasteiger charge is 2.38. The Balaban J connectivity index is 2.31. The lowest BCUT2D eigenvalue weighted by molar-refractivity contribution is -0.141. The number of carboxylic acids is 1. The average molecular weight is 336 g/mol. The van der Waals surface area contributed by atoms with Crippen LogP contribution in [0, 0.1) is 0 Å². The van der Waals surface area contributed by atoms with E-state index in [1.165, 1.54) is 17.8 Å². The first-order valence-electron chi connectivity index (χ1n) is 6.76. The van der Waals surface area contributed by atoms with Crippen LogP contribution in [0.1, 0.15) is 11.3 Å². The van der Waals surface area contributed by atoms with Crippen molar-refractivity contribution >= 4 is 23.1 Å². The van der Waals surface area contributed by atoms with E-state index in [0.29, 0.717) is 11.7 Å². The topological polar surface area (TPSA) is 72.9 Å². The minimum atomic E-state index is -4.72. The third kappa shape index (κ3) is 2.64. The Kier molecular flexibility index (Phi) is 3.63. The lowest BCUT2D eigenvalue weighted by atomic mass is 10.2. The van der Waals surface area contributed by atoms with Gasteiger partial charge in [-0.3, -0.25) is 9.25 Å². The molecule has 9 heteroatoms. The maximum Gasteiger partial charge on any atom is 0.435 e. The molecule has 3 rings (SSSR count). The van der Waals surface area contributed by atoms with Crippen molar-refractivity contribution in [2.24, 2.45) is 7.05 Å². The van der Waals surface area contributed by atoms with Gasteiger partial charge >= 0.3 is 12.1 Å². The summed E-state index contributed by atoms with van der Waals surface area (Å²) < 4.78 is 42.2. The highest BCUT2D eigenvalue weighted by Crippen LogP contribution is 2.35. The second-order valence-corrected chi connectivity index (χ2v) is 4.98. The zero-order valence-corrected chi connectivity index (χ0v) is 12.3. The molecule has 0 amide bonds. The Labute approximate surface area is 133 Å². The summed E-state index contributed by atoms with van der Waals surface area (Å²) in [6.45, 7) is 0. The summed E-state index contributed by atoms with van der Waals surface area (Å²) in [4.78, 5) is 14.9. The van der Waals surface area contributed by atoms with Gasteiger partial charge < -0.3 is 5.11 Å². The fraction of sp³-hybridized carbons (Fsp3) is 0.133. The van der Waals surface area contributed by atoms with Crippen LogP contribution in [0.4, 0.5) is 13.2 Å². The highest BCUT2D eigenvalue weighted by molar-refractivity contribution is 5.87. The molecule has 0 radical (unpaired) electrons. The molecule has 6 nitrogen and oxygen atoms in total. The summed E-state index contributed by atoms with van der Waals surface area (Å²) in [7, 11) is 1.36. The number of aryl methyl sites for hydroxylation is 1. The van der Waals surface area contributed by atoms with Crippen LogP contribution in [0.25, 0.3) is 22.9 Å². The second-order valence-electron chi connectivity index (χ2n) is 4.98. The van der Waals surface area contributed by atoms with Gasteiger partial charge in [0, 0.05) is 30.9 Å². The largest absolute Gasteiger partial charge is 0.478 e. The average Bonchev–Trinajstić information content (AvgIpc) is 3.05. The van der Waals surface area contributed by atoms with E-state index in [2.05, 4.69) is 10.1 Å². The van der Waals surface area contributed by atoms with Gasteiger partial charge in [-0.15, -0.1) is 0 Å². The first kappa shape index (κ1) is 15.8. The summed E-state index contributed by atoms with van der Waals surface area (Å²) in [5.41, 5.74) is -1.05. The molecule has 0 spiro atoms. The van der Waals surface area contributed by atoms with Gasteiger partial charge in [0.15, 0.2) is 5.69 Å². The van der Waals surface area contributed by atoms with Crippen LogP contribution in [0.2, 0.25) is 0 Å². The van der Waals surface area contributed by atoms with Crippen LogP contribution < -0.4 is 0 Å². The number of rotatable bonds is 3. The van der Waals surface area contributed by atoms with Crippen molar-refractivity contribution in [3.63, 3.8) is 0 Å². The molecule has 0 aliphatic heterocycles. The Hall–Kier alpha value is -3.10. The van der Waals surface area contributed by atoms with E-state index in [-0.39, 0.29) is 11.4 Å². The predicted molar refractivity (Wildman–Crippen MR) is 79.5 cm³/mol.